The lowest BCUT2D eigenvalue weighted by molar-refractivity contribution is -0.124. The van der Waals surface area contributed by atoms with E-state index < -0.39 is 0 Å². The van der Waals surface area contributed by atoms with Gasteiger partial charge in [-0.05, 0) is 30.7 Å². The van der Waals surface area contributed by atoms with E-state index in [2.05, 4.69) is 22.8 Å². The maximum Gasteiger partial charge on any atom is 0.240 e. The highest BCUT2D eigenvalue weighted by atomic mass is 16.5. The molecule has 0 saturated heterocycles. The van der Waals surface area contributed by atoms with Gasteiger partial charge in [0.1, 0.15) is 5.75 Å². The van der Waals surface area contributed by atoms with Gasteiger partial charge in [-0.3, -0.25) is 9.59 Å². The average Bonchev–Trinajstić information content (AvgIpc) is 2.68. The Morgan fingerprint density at radius 3 is 2.48 bits per heavy atom. The molecule has 0 heterocycles. The SMILES string of the molecule is CCCCOc1ccccc1C=NNC(=O)CCC(=O)Nc1ccccc1. The molecule has 0 unspecified atom stereocenters. The van der Waals surface area contributed by atoms with Crippen LogP contribution in [0.1, 0.15) is 38.2 Å². The van der Waals surface area contributed by atoms with Crippen LogP contribution in [0.5, 0.6) is 5.75 Å². The number of anilines is 1. The molecule has 2 rings (SSSR count). The molecule has 6 heteroatoms. The van der Waals surface area contributed by atoms with Crippen LogP contribution in [0.15, 0.2) is 59.7 Å². The highest BCUT2D eigenvalue weighted by Crippen LogP contribution is 2.16. The molecule has 2 aromatic rings. The first-order valence-corrected chi connectivity index (χ1v) is 9.07. The van der Waals surface area contributed by atoms with Crippen molar-refractivity contribution in [1.29, 1.82) is 0 Å². The van der Waals surface area contributed by atoms with Crippen molar-refractivity contribution in [3.63, 3.8) is 0 Å². The number of amides is 2. The van der Waals surface area contributed by atoms with Gasteiger partial charge in [0.15, 0.2) is 0 Å². The number of benzene rings is 2. The van der Waals surface area contributed by atoms with Crippen LogP contribution in [0.3, 0.4) is 0 Å². The molecule has 0 aliphatic heterocycles. The Bertz CT molecular complexity index is 760. The zero-order chi connectivity index (χ0) is 19.3. The van der Waals surface area contributed by atoms with Gasteiger partial charge in [-0.25, -0.2) is 5.43 Å². The summed E-state index contributed by atoms with van der Waals surface area (Å²) in [6.07, 6.45) is 3.73. The maximum absolute atomic E-state index is 11.8. The van der Waals surface area contributed by atoms with E-state index in [4.69, 9.17) is 4.74 Å². The van der Waals surface area contributed by atoms with Crippen LogP contribution in [-0.2, 0) is 9.59 Å². The van der Waals surface area contributed by atoms with E-state index in [-0.39, 0.29) is 24.7 Å². The fourth-order valence-electron chi connectivity index (χ4n) is 2.25. The largest absolute Gasteiger partial charge is 0.493 e. The zero-order valence-electron chi connectivity index (χ0n) is 15.5. The third kappa shape index (κ3) is 7.73. The summed E-state index contributed by atoms with van der Waals surface area (Å²) < 4.78 is 5.71. The van der Waals surface area contributed by atoms with Crippen LogP contribution in [-0.4, -0.2) is 24.6 Å². The summed E-state index contributed by atoms with van der Waals surface area (Å²) in [6, 6.07) is 16.6. The second kappa shape index (κ2) is 11.5. The van der Waals surface area contributed by atoms with Crippen molar-refractivity contribution >= 4 is 23.7 Å². The van der Waals surface area contributed by atoms with Gasteiger partial charge in [-0.2, -0.15) is 5.10 Å². The number of hydrazone groups is 1. The zero-order valence-corrected chi connectivity index (χ0v) is 15.5. The lowest BCUT2D eigenvalue weighted by atomic mass is 10.2. The second-order valence-corrected chi connectivity index (χ2v) is 5.95. The first-order chi connectivity index (χ1) is 13.2. The molecular formula is C21H25N3O3. The lowest BCUT2D eigenvalue weighted by Gasteiger charge is -2.08. The van der Waals surface area contributed by atoms with Gasteiger partial charge in [0.05, 0.1) is 12.8 Å². The summed E-state index contributed by atoms with van der Waals surface area (Å²) in [5, 5.41) is 6.69. The van der Waals surface area contributed by atoms with Crippen LogP contribution in [0, 0.1) is 0 Å². The van der Waals surface area contributed by atoms with Gasteiger partial charge in [0.25, 0.3) is 0 Å². The summed E-state index contributed by atoms with van der Waals surface area (Å²) in [5.41, 5.74) is 3.94. The van der Waals surface area contributed by atoms with Crippen molar-refractivity contribution in [2.45, 2.75) is 32.6 Å². The van der Waals surface area contributed by atoms with E-state index in [1.54, 1.807) is 18.3 Å². The Balaban J connectivity index is 1.75. The summed E-state index contributed by atoms with van der Waals surface area (Å²) in [6.45, 7) is 2.75. The highest BCUT2D eigenvalue weighted by molar-refractivity contribution is 5.93. The number of ether oxygens (including phenoxy) is 1. The molecule has 0 spiro atoms. The molecule has 0 aliphatic rings. The molecule has 27 heavy (non-hydrogen) atoms. The number of carbonyl (C=O) groups excluding carboxylic acids is 2. The van der Waals surface area contributed by atoms with Crippen molar-refractivity contribution in [2.75, 3.05) is 11.9 Å². The third-order valence-electron chi connectivity index (χ3n) is 3.70. The van der Waals surface area contributed by atoms with Crippen LogP contribution in [0.4, 0.5) is 5.69 Å². The monoisotopic (exact) mass is 367 g/mol. The van der Waals surface area contributed by atoms with Gasteiger partial charge in [0, 0.05) is 24.1 Å². The van der Waals surface area contributed by atoms with Crippen LogP contribution in [0.25, 0.3) is 0 Å². The van der Waals surface area contributed by atoms with Gasteiger partial charge >= 0.3 is 0 Å². The van der Waals surface area contributed by atoms with Crippen LogP contribution >= 0.6 is 0 Å². The molecule has 0 aliphatic carbocycles. The van der Waals surface area contributed by atoms with E-state index in [0.29, 0.717) is 12.3 Å². The van der Waals surface area contributed by atoms with E-state index in [9.17, 15) is 9.59 Å². The molecule has 0 fully saturated rings. The number of unbranched alkanes of at least 4 members (excludes halogenated alkanes) is 1. The smallest absolute Gasteiger partial charge is 0.240 e. The quantitative estimate of drug-likeness (QED) is 0.381. The van der Waals surface area contributed by atoms with E-state index >= 15 is 0 Å². The number of nitrogens with one attached hydrogen (secondary N) is 2. The number of para-hydroxylation sites is 2. The summed E-state index contributed by atoms with van der Waals surface area (Å²) >= 11 is 0. The second-order valence-electron chi connectivity index (χ2n) is 5.95. The topological polar surface area (TPSA) is 79.8 Å². The normalized spacial score (nSPS) is 10.6. The van der Waals surface area contributed by atoms with Crippen molar-refractivity contribution in [1.82, 2.24) is 5.43 Å². The van der Waals surface area contributed by atoms with Crippen molar-refractivity contribution < 1.29 is 14.3 Å². The number of hydrogen-bond donors (Lipinski definition) is 2. The molecule has 2 amide bonds. The van der Waals surface area contributed by atoms with Crippen molar-refractivity contribution in [2.24, 2.45) is 5.10 Å². The fourth-order valence-corrected chi connectivity index (χ4v) is 2.25. The molecule has 6 nitrogen and oxygen atoms in total. The summed E-state index contributed by atoms with van der Waals surface area (Å²) in [7, 11) is 0. The predicted octanol–water partition coefficient (Wildman–Crippen LogP) is 3.73. The first kappa shape index (κ1) is 20.2. The van der Waals surface area contributed by atoms with Crippen molar-refractivity contribution in [3.8, 4) is 5.75 Å². The molecule has 2 aromatic carbocycles. The van der Waals surface area contributed by atoms with Gasteiger partial charge in [-0.15, -0.1) is 0 Å². The first-order valence-electron chi connectivity index (χ1n) is 9.07. The average molecular weight is 367 g/mol. The fraction of sp³-hybridized carbons (Fsp3) is 0.286. The Hall–Kier alpha value is -3.15. The minimum Gasteiger partial charge on any atom is -0.493 e. The molecule has 0 radical (unpaired) electrons. The minimum atomic E-state index is -0.321. The van der Waals surface area contributed by atoms with Gasteiger partial charge < -0.3 is 10.1 Å². The lowest BCUT2D eigenvalue weighted by Crippen LogP contribution is -2.20. The molecular weight excluding hydrogens is 342 g/mol. The predicted molar refractivity (Wildman–Crippen MR) is 107 cm³/mol. The highest BCUT2D eigenvalue weighted by Gasteiger charge is 2.07. The van der Waals surface area contributed by atoms with Gasteiger partial charge in [0.2, 0.25) is 11.8 Å². The summed E-state index contributed by atoms with van der Waals surface area (Å²) in [4.78, 5) is 23.7. The Morgan fingerprint density at radius 2 is 1.70 bits per heavy atom. The molecule has 142 valence electrons. The molecule has 0 saturated carbocycles. The summed E-state index contributed by atoms with van der Waals surface area (Å²) in [5.74, 6) is 0.194. The van der Waals surface area contributed by atoms with Crippen LogP contribution in [0.2, 0.25) is 0 Å². The third-order valence-corrected chi connectivity index (χ3v) is 3.70. The molecule has 0 aromatic heterocycles. The number of carbonyl (C=O) groups is 2. The number of nitrogens with zero attached hydrogens (tertiary/aromatic N) is 1. The maximum atomic E-state index is 11.8. The molecule has 0 atom stereocenters. The molecule has 2 N–H and O–H groups in total. The van der Waals surface area contributed by atoms with E-state index in [1.165, 1.54) is 0 Å². The standard InChI is InChI=1S/C21H25N3O3/c1-2-3-15-27-19-12-8-7-9-17(19)16-22-24-21(26)14-13-20(25)23-18-10-5-4-6-11-18/h4-12,16H,2-3,13-15H2,1H3,(H,23,25)(H,24,26). The van der Waals surface area contributed by atoms with E-state index in [1.807, 2.05) is 42.5 Å². The van der Waals surface area contributed by atoms with Crippen molar-refractivity contribution in [3.05, 3.63) is 60.2 Å². The molecule has 0 bridgehead atoms. The van der Waals surface area contributed by atoms with Crippen LogP contribution < -0.4 is 15.5 Å². The Kier molecular flexibility index (Phi) is 8.56. The van der Waals surface area contributed by atoms with Gasteiger partial charge in [-0.1, -0.05) is 43.7 Å². The Labute approximate surface area is 159 Å². The van der Waals surface area contributed by atoms with E-state index in [0.717, 1.165) is 24.2 Å². The minimum absolute atomic E-state index is 0.0602. The number of rotatable bonds is 10. The number of hydrogen-bond acceptors (Lipinski definition) is 4. The Morgan fingerprint density at radius 1 is 1.00 bits per heavy atom.